The number of piperidine rings is 1. The van der Waals surface area contributed by atoms with Crippen LogP contribution in [0, 0.1) is 11.7 Å². The molecule has 0 spiro atoms. The minimum absolute atomic E-state index is 0.0269. The molecule has 2 saturated heterocycles. The summed E-state index contributed by atoms with van der Waals surface area (Å²) in [6.07, 6.45) is -0.976. The van der Waals surface area contributed by atoms with Crippen molar-refractivity contribution in [3.63, 3.8) is 0 Å². The minimum atomic E-state index is -4.41. The van der Waals surface area contributed by atoms with E-state index in [0.717, 1.165) is 38.5 Å². The summed E-state index contributed by atoms with van der Waals surface area (Å²) in [6.45, 7) is 3.48. The number of rotatable bonds is 4. The van der Waals surface area contributed by atoms with E-state index < -0.39 is 17.6 Å². The molecule has 3 nitrogen and oxygen atoms in total. The zero-order valence-corrected chi connectivity index (χ0v) is 17.2. The second-order valence-electron chi connectivity index (χ2n) is 8.57. The molecule has 2 fully saturated rings. The maximum atomic E-state index is 13.6. The van der Waals surface area contributed by atoms with Gasteiger partial charge in [-0.15, -0.1) is 0 Å². The predicted molar refractivity (Wildman–Crippen MR) is 110 cm³/mol. The number of alkyl halides is 3. The lowest BCUT2D eigenvalue weighted by atomic mass is 9.87. The quantitative estimate of drug-likeness (QED) is 0.619. The lowest BCUT2D eigenvalue weighted by Crippen LogP contribution is -2.36. The standard InChI is InChI=1S/C24H26F4N2O/c25-21-9-5-7-18(13-21)23(31)30-15-19(14-29-10-2-1-3-11-29)22(16-30)17-6-4-8-20(12-17)24(26,27)28/h4-9,12-13,19,22H,1-3,10-11,14-16H2/t19-,22+/m1/s1. The molecule has 0 unspecified atom stereocenters. The number of benzene rings is 2. The van der Waals surface area contributed by atoms with E-state index in [0.29, 0.717) is 18.7 Å². The maximum Gasteiger partial charge on any atom is 0.416 e. The van der Waals surface area contributed by atoms with E-state index >= 15 is 0 Å². The van der Waals surface area contributed by atoms with Crippen molar-refractivity contribution < 1.29 is 22.4 Å². The first-order chi connectivity index (χ1) is 14.8. The van der Waals surface area contributed by atoms with Crippen LogP contribution in [0.25, 0.3) is 0 Å². The van der Waals surface area contributed by atoms with Crippen LogP contribution in [0.15, 0.2) is 48.5 Å². The summed E-state index contributed by atoms with van der Waals surface area (Å²) in [7, 11) is 0. The zero-order chi connectivity index (χ0) is 22.0. The van der Waals surface area contributed by atoms with Crippen LogP contribution in [0.5, 0.6) is 0 Å². The Kier molecular flexibility index (Phi) is 6.32. The van der Waals surface area contributed by atoms with E-state index in [1.54, 1.807) is 17.0 Å². The number of hydrogen-bond acceptors (Lipinski definition) is 2. The van der Waals surface area contributed by atoms with Gasteiger partial charge < -0.3 is 9.80 Å². The third-order valence-corrected chi connectivity index (χ3v) is 6.38. The summed E-state index contributed by atoms with van der Waals surface area (Å²) >= 11 is 0. The fourth-order valence-corrected chi connectivity index (χ4v) is 4.82. The molecule has 0 radical (unpaired) electrons. The normalized spacial score (nSPS) is 22.6. The van der Waals surface area contributed by atoms with E-state index in [1.807, 2.05) is 0 Å². The van der Waals surface area contributed by atoms with Gasteiger partial charge in [-0.1, -0.05) is 30.7 Å². The molecule has 2 aliphatic heterocycles. The molecule has 2 aromatic rings. The first-order valence-corrected chi connectivity index (χ1v) is 10.8. The second-order valence-corrected chi connectivity index (χ2v) is 8.57. The highest BCUT2D eigenvalue weighted by Gasteiger charge is 2.39. The number of amides is 1. The van der Waals surface area contributed by atoms with Crippen molar-refractivity contribution >= 4 is 5.91 Å². The molecule has 1 amide bonds. The van der Waals surface area contributed by atoms with E-state index in [2.05, 4.69) is 4.90 Å². The van der Waals surface area contributed by atoms with Crippen LogP contribution in [0.1, 0.15) is 46.7 Å². The lowest BCUT2D eigenvalue weighted by molar-refractivity contribution is -0.137. The van der Waals surface area contributed by atoms with Crippen molar-refractivity contribution in [1.29, 1.82) is 0 Å². The minimum Gasteiger partial charge on any atom is -0.338 e. The van der Waals surface area contributed by atoms with Crippen molar-refractivity contribution in [3.05, 3.63) is 71.0 Å². The molecule has 0 aliphatic carbocycles. The molecule has 31 heavy (non-hydrogen) atoms. The van der Waals surface area contributed by atoms with E-state index in [9.17, 15) is 22.4 Å². The molecule has 166 valence electrons. The largest absolute Gasteiger partial charge is 0.416 e. The summed E-state index contributed by atoms with van der Waals surface area (Å²) in [4.78, 5) is 17.0. The fourth-order valence-electron chi connectivity index (χ4n) is 4.82. The second kappa shape index (κ2) is 8.99. The van der Waals surface area contributed by atoms with Crippen LogP contribution in [0.3, 0.4) is 0 Å². The van der Waals surface area contributed by atoms with Crippen LogP contribution < -0.4 is 0 Å². The Bertz CT molecular complexity index is 924. The van der Waals surface area contributed by atoms with Crippen molar-refractivity contribution in [3.8, 4) is 0 Å². The van der Waals surface area contributed by atoms with Gasteiger partial charge in [0.2, 0.25) is 0 Å². The Morgan fingerprint density at radius 1 is 0.968 bits per heavy atom. The van der Waals surface area contributed by atoms with Gasteiger partial charge in [-0.2, -0.15) is 13.2 Å². The number of nitrogens with zero attached hydrogens (tertiary/aromatic N) is 2. The number of halogens is 4. The van der Waals surface area contributed by atoms with Gasteiger partial charge in [-0.25, -0.2) is 4.39 Å². The molecular formula is C24H26F4N2O. The van der Waals surface area contributed by atoms with Gasteiger partial charge in [0, 0.05) is 31.1 Å². The fraction of sp³-hybridized carbons (Fsp3) is 0.458. The maximum absolute atomic E-state index is 13.6. The molecule has 0 saturated carbocycles. The van der Waals surface area contributed by atoms with Gasteiger partial charge in [0.1, 0.15) is 5.82 Å². The highest BCUT2D eigenvalue weighted by Crippen LogP contribution is 2.37. The van der Waals surface area contributed by atoms with Gasteiger partial charge in [0.15, 0.2) is 0 Å². The van der Waals surface area contributed by atoms with Gasteiger partial charge >= 0.3 is 6.18 Å². The molecule has 0 bridgehead atoms. The Labute approximate surface area is 179 Å². The van der Waals surface area contributed by atoms with Crippen molar-refractivity contribution in [2.24, 2.45) is 5.92 Å². The molecule has 2 aliphatic rings. The molecule has 2 atom stereocenters. The number of likely N-dealkylation sites (tertiary alicyclic amines) is 2. The molecule has 0 aromatic heterocycles. The monoisotopic (exact) mass is 434 g/mol. The van der Waals surface area contributed by atoms with Gasteiger partial charge in [0.05, 0.1) is 5.56 Å². The molecule has 2 heterocycles. The summed E-state index contributed by atoms with van der Waals surface area (Å²) in [5.41, 5.74) is 0.199. The number of hydrogen-bond donors (Lipinski definition) is 0. The van der Waals surface area contributed by atoms with E-state index in [-0.39, 0.29) is 23.3 Å². The number of carbonyl (C=O) groups excluding carboxylic acids is 1. The molecule has 0 N–H and O–H groups in total. The van der Waals surface area contributed by atoms with Crippen LogP contribution in [0.2, 0.25) is 0 Å². The van der Waals surface area contributed by atoms with E-state index in [4.69, 9.17) is 0 Å². The third kappa shape index (κ3) is 5.09. The summed E-state index contributed by atoms with van der Waals surface area (Å²) < 4.78 is 53.5. The zero-order valence-electron chi connectivity index (χ0n) is 17.2. The molecule has 7 heteroatoms. The number of carbonyl (C=O) groups is 1. The van der Waals surface area contributed by atoms with Crippen LogP contribution in [-0.4, -0.2) is 48.4 Å². The topological polar surface area (TPSA) is 23.6 Å². The van der Waals surface area contributed by atoms with Crippen LogP contribution >= 0.6 is 0 Å². The Morgan fingerprint density at radius 2 is 1.71 bits per heavy atom. The Balaban J connectivity index is 1.59. The summed E-state index contributed by atoms with van der Waals surface area (Å²) in [5.74, 6) is -0.928. The summed E-state index contributed by atoms with van der Waals surface area (Å²) in [6, 6.07) is 11.0. The highest BCUT2D eigenvalue weighted by atomic mass is 19.4. The molecule has 2 aromatic carbocycles. The first-order valence-electron chi connectivity index (χ1n) is 10.8. The first kappa shape index (κ1) is 21.8. The SMILES string of the molecule is O=C(c1cccc(F)c1)N1C[C@@H](CN2CCCCC2)[C@H](c2cccc(C(F)(F)F)c2)C1. The van der Waals surface area contributed by atoms with Crippen molar-refractivity contribution in [2.45, 2.75) is 31.4 Å². The Hall–Kier alpha value is -2.41. The average molecular weight is 434 g/mol. The Morgan fingerprint density at radius 3 is 2.42 bits per heavy atom. The van der Waals surface area contributed by atoms with E-state index in [1.165, 1.54) is 36.8 Å². The molecular weight excluding hydrogens is 408 g/mol. The average Bonchev–Trinajstić information content (AvgIpc) is 3.17. The van der Waals surface area contributed by atoms with Crippen molar-refractivity contribution in [1.82, 2.24) is 9.80 Å². The smallest absolute Gasteiger partial charge is 0.338 e. The van der Waals surface area contributed by atoms with Gasteiger partial charge in [0.25, 0.3) is 5.91 Å². The lowest BCUT2D eigenvalue weighted by Gasteiger charge is -2.31. The highest BCUT2D eigenvalue weighted by molar-refractivity contribution is 5.94. The third-order valence-electron chi connectivity index (χ3n) is 6.38. The van der Waals surface area contributed by atoms with Gasteiger partial charge in [-0.05, 0) is 61.7 Å². The van der Waals surface area contributed by atoms with Gasteiger partial charge in [-0.3, -0.25) is 4.79 Å². The molecule has 4 rings (SSSR count). The predicted octanol–water partition coefficient (Wildman–Crippen LogP) is 5.19. The van der Waals surface area contributed by atoms with Crippen LogP contribution in [0.4, 0.5) is 17.6 Å². The summed E-state index contributed by atoms with van der Waals surface area (Å²) in [5, 5.41) is 0. The van der Waals surface area contributed by atoms with Crippen LogP contribution in [-0.2, 0) is 6.18 Å². The van der Waals surface area contributed by atoms with Crippen molar-refractivity contribution in [2.75, 3.05) is 32.7 Å².